The summed E-state index contributed by atoms with van der Waals surface area (Å²) in [6.45, 7) is 5.55. The molecule has 0 spiro atoms. The van der Waals surface area contributed by atoms with E-state index in [9.17, 15) is 19.7 Å². The molecule has 7 nitrogen and oxygen atoms in total. The Hall–Kier alpha value is -2.87. The van der Waals surface area contributed by atoms with E-state index in [-0.39, 0.29) is 30.0 Å². The van der Waals surface area contributed by atoms with Gasteiger partial charge in [-0.05, 0) is 49.6 Å². The van der Waals surface area contributed by atoms with Gasteiger partial charge in [0.1, 0.15) is 0 Å². The molecule has 2 aromatic carbocycles. The molecule has 2 rings (SSSR count). The van der Waals surface area contributed by atoms with Crippen molar-refractivity contribution in [1.29, 1.82) is 0 Å². The lowest BCUT2D eigenvalue weighted by Gasteiger charge is -2.15. The number of carbonyl (C=O) groups is 2. The summed E-state index contributed by atoms with van der Waals surface area (Å²) in [6.07, 6.45) is 0. The minimum absolute atomic E-state index is 0.0117. The number of carbonyl (C=O) groups excluding carboxylic acids is 2. The average molecular weight is 402 g/mol. The van der Waals surface area contributed by atoms with Gasteiger partial charge in [-0.2, -0.15) is 0 Å². The topological polar surface area (TPSA) is 98.5 Å². The van der Waals surface area contributed by atoms with E-state index in [1.54, 1.807) is 12.1 Å². The zero-order valence-electron chi connectivity index (χ0n) is 15.9. The minimum atomic E-state index is -0.530. The van der Waals surface area contributed by atoms with Gasteiger partial charge < -0.3 is 10.1 Å². The molecule has 28 heavy (non-hydrogen) atoms. The number of nitro benzene ring substituents is 1. The summed E-state index contributed by atoms with van der Waals surface area (Å²) in [7, 11) is 0. The lowest BCUT2D eigenvalue weighted by molar-refractivity contribution is -0.384. The molecule has 0 fully saturated rings. The van der Waals surface area contributed by atoms with Crippen molar-refractivity contribution in [3.05, 3.63) is 69.3 Å². The van der Waals surface area contributed by atoms with E-state index in [2.05, 4.69) is 5.32 Å². The van der Waals surface area contributed by atoms with E-state index in [1.165, 1.54) is 29.5 Å². The first-order valence-electron chi connectivity index (χ1n) is 8.65. The van der Waals surface area contributed by atoms with E-state index in [0.29, 0.717) is 4.90 Å². The summed E-state index contributed by atoms with van der Waals surface area (Å²) < 4.78 is 4.99. The van der Waals surface area contributed by atoms with Gasteiger partial charge in [0.15, 0.2) is 6.61 Å². The second kappa shape index (κ2) is 9.89. The highest BCUT2D eigenvalue weighted by Gasteiger charge is 2.13. The number of aryl methyl sites for hydroxylation is 2. The fraction of sp³-hybridized carbons (Fsp3) is 0.300. The molecule has 0 saturated carbocycles. The van der Waals surface area contributed by atoms with Crippen LogP contribution in [0.25, 0.3) is 0 Å². The number of thioether (sulfide) groups is 1. The largest absolute Gasteiger partial charge is 0.455 e. The van der Waals surface area contributed by atoms with Crippen LogP contribution in [0.1, 0.15) is 29.7 Å². The second-order valence-electron chi connectivity index (χ2n) is 6.33. The van der Waals surface area contributed by atoms with Crippen LogP contribution in [0.5, 0.6) is 0 Å². The maximum atomic E-state index is 12.0. The molecule has 0 bridgehead atoms. The summed E-state index contributed by atoms with van der Waals surface area (Å²) in [5, 5.41) is 13.4. The summed E-state index contributed by atoms with van der Waals surface area (Å²) in [5.41, 5.74) is 3.30. The van der Waals surface area contributed by atoms with Crippen LogP contribution in [0.3, 0.4) is 0 Å². The third-order valence-electron chi connectivity index (χ3n) is 4.18. The summed E-state index contributed by atoms with van der Waals surface area (Å²) >= 11 is 1.19. The van der Waals surface area contributed by atoms with Crippen molar-refractivity contribution >= 4 is 29.3 Å². The number of hydrogen-bond acceptors (Lipinski definition) is 6. The molecule has 0 aromatic heterocycles. The third-order valence-corrected chi connectivity index (χ3v) is 5.16. The summed E-state index contributed by atoms with van der Waals surface area (Å²) in [4.78, 5) is 34.6. The lowest BCUT2D eigenvalue weighted by atomic mass is 10.0. The number of hydrogen-bond donors (Lipinski definition) is 1. The van der Waals surface area contributed by atoms with E-state index >= 15 is 0 Å². The number of esters is 1. The fourth-order valence-corrected chi connectivity index (χ4v) is 3.09. The van der Waals surface area contributed by atoms with Crippen molar-refractivity contribution < 1.29 is 19.2 Å². The highest BCUT2D eigenvalue weighted by molar-refractivity contribution is 8.00. The zero-order valence-corrected chi connectivity index (χ0v) is 16.7. The predicted molar refractivity (Wildman–Crippen MR) is 107 cm³/mol. The van der Waals surface area contributed by atoms with E-state index in [0.717, 1.165) is 11.1 Å². The molecule has 0 radical (unpaired) electrons. The van der Waals surface area contributed by atoms with Gasteiger partial charge in [0.25, 0.3) is 11.6 Å². The highest BCUT2D eigenvalue weighted by atomic mass is 32.2. The van der Waals surface area contributed by atoms with Crippen molar-refractivity contribution in [2.45, 2.75) is 31.7 Å². The van der Waals surface area contributed by atoms with Gasteiger partial charge in [0.05, 0.1) is 16.7 Å². The van der Waals surface area contributed by atoms with E-state index < -0.39 is 10.9 Å². The maximum Gasteiger partial charge on any atom is 0.316 e. The molecule has 0 unspecified atom stereocenters. The molecule has 0 saturated heterocycles. The Kier molecular flexibility index (Phi) is 7.57. The van der Waals surface area contributed by atoms with Crippen LogP contribution in [0, 0.1) is 24.0 Å². The zero-order chi connectivity index (χ0) is 20.7. The minimum Gasteiger partial charge on any atom is -0.455 e. The van der Waals surface area contributed by atoms with E-state index in [4.69, 9.17) is 4.74 Å². The first kappa shape index (κ1) is 21.4. The molecule has 8 heteroatoms. The van der Waals surface area contributed by atoms with Gasteiger partial charge in [-0.1, -0.05) is 18.2 Å². The Morgan fingerprint density at radius 2 is 1.82 bits per heavy atom. The molecule has 148 valence electrons. The second-order valence-corrected chi connectivity index (χ2v) is 7.38. The van der Waals surface area contributed by atoms with Crippen LogP contribution in [-0.2, 0) is 14.3 Å². The first-order chi connectivity index (χ1) is 13.3. The number of nitrogens with zero attached hydrogens (tertiary/aromatic N) is 1. The van der Waals surface area contributed by atoms with Crippen LogP contribution in [0.2, 0.25) is 0 Å². The number of ether oxygens (including phenoxy) is 1. The van der Waals surface area contributed by atoms with Crippen LogP contribution in [0.15, 0.2) is 47.4 Å². The number of nitrogens with one attached hydrogen (secondary N) is 1. The SMILES string of the molecule is Cc1ccc([C@@H](C)NC(=O)COC(=O)CSc2ccc([N+](=O)[O-])cc2)cc1C. The van der Waals surface area contributed by atoms with Crippen LogP contribution >= 0.6 is 11.8 Å². The van der Waals surface area contributed by atoms with Gasteiger partial charge in [0.2, 0.25) is 0 Å². The molecule has 1 amide bonds. The number of nitro groups is 1. The smallest absolute Gasteiger partial charge is 0.316 e. The van der Waals surface area contributed by atoms with Crippen molar-refractivity contribution in [3.8, 4) is 0 Å². The quantitative estimate of drug-likeness (QED) is 0.313. The van der Waals surface area contributed by atoms with Crippen molar-refractivity contribution in [2.24, 2.45) is 0 Å². The van der Waals surface area contributed by atoms with Gasteiger partial charge in [-0.3, -0.25) is 19.7 Å². The van der Waals surface area contributed by atoms with Gasteiger partial charge in [-0.25, -0.2) is 0 Å². The average Bonchev–Trinajstić information content (AvgIpc) is 2.67. The summed E-state index contributed by atoms with van der Waals surface area (Å²) in [5.74, 6) is -0.894. The maximum absolute atomic E-state index is 12.0. The molecule has 0 aliphatic heterocycles. The molecule has 2 aromatic rings. The Labute approximate surface area is 167 Å². The monoisotopic (exact) mass is 402 g/mol. The van der Waals surface area contributed by atoms with Gasteiger partial charge in [0, 0.05) is 17.0 Å². The van der Waals surface area contributed by atoms with Crippen molar-refractivity contribution in [1.82, 2.24) is 5.32 Å². The van der Waals surface area contributed by atoms with Crippen LogP contribution < -0.4 is 5.32 Å². The molecular formula is C20H22N2O5S. The normalized spacial score (nSPS) is 11.5. The van der Waals surface area contributed by atoms with Gasteiger partial charge >= 0.3 is 5.97 Å². The fourth-order valence-electron chi connectivity index (χ4n) is 2.39. The number of rotatable bonds is 8. The highest BCUT2D eigenvalue weighted by Crippen LogP contribution is 2.21. The molecular weight excluding hydrogens is 380 g/mol. The number of non-ortho nitro benzene ring substituents is 1. The van der Waals surface area contributed by atoms with E-state index in [1.807, 2.05) is 39.0 Å². The number of benzene rings is 2. The first-order valence-corrected chi connectivity index (χ1v) is 9.64. The van der Waals surface area contributed by atoms with Crippen LogP contribution in [0.4, 0.5) is 5.69 Å². The third kappa shape index (κ3) is 6.38. The van der Waals surface area contributed by atoms with Crippen LogP contribution in [-0.4, -0.2) is 29.2 Å². The number of amides is 1. The standard InChI is InChI=1S/C20H22N2O5S/c1-13-4-5-16(10-14(13)2)15(3)21-19(23)11-27-20(24)12-28-18-8-6-17(7-9-18)22(25)26/h4-10,15H,11-12H2,1-3H3,(H,21,23)/t15-/m1/s1. The molecule has 1 N–H and O–H groups in total. The Balaban J connectivity index is 1.74. The Bertz CT molecular complexity index is 867. The predicted octanol–water partition coefficient (Wildman–Crippen LogP) is 3.72. The molecule has 0 aliphatic carbocycles. The Morgan fingerprint density at radius 3 is 2.43 bits per heavy atom. The molecule has 0 aliphatic rings. The molecule has 1 atom stereocenters. The molecule has 0 heterocycles. The Morgan fingerprint density at radius 1 is 1.14 bits per heavy atom. The van der Waals surface area contributed by atoms with Crippen molar-refractivity contribution in [3.63, 3.8) is 0 Å². The van der Waals surface area contributed by atoms with Crippen molar-refractivity contribution in [2.75, 3.05) is 12.4 Å². The lowest BCUT2D eigenvalue weighted by Crippen LogP contribution is -2.31. The van der Waals surface area contributed by atoms with Gasteiger partial charge in [-0.15, -0.1) is 11.8 Å². The summed E-state index contributed by atoms with van der Waals surface area (Å²) in [6, 6.07) is 11.7.